The summed E-state index contributed by atoms with van der Waals surface area (Å²) in [5.74, 6) is 0.369. The van der Waals surface area contributed by atoms with Crippen LogP contribution in [-0.4, -0.2) is 24.5 Å². The summed E-state index contributed by atoms with van der Waals surface area (Å²) in [6, 6.07) is 7.36. The minimum absolute atomic E-state index is 0.0104. The van der Waals surface area contributed by atoms with Gasteiger partial charge in [-0.2, -0.15) is 0 Å². The third-order valence-corrected chi connectivity index (χ3v) is 5.69. The molecule has 4 rings (SSSR count). The SMILES string of the molecule is CCC(OC1=CC2(C=C(C)CC2)CC=C1)C(=O)N1CC(=O)Nc2ccccc21. The summed E-state index contributed by atoms with van der Waals surface area (Å²) in [5.41, 5.74) is 2.80. The second-order valence-corrected chi connectivity index (χ2v) is 7.88. The molecule has 2 atom stereocenters. The van der Waals surface area contributed by atoms with Gasteiger partial charge in [-0.05, 0) is 56.9 Å². The van der Waals surface area contributed by atoms with Crippen LogP contribution in [0.25, 0.3) is 0 Å². The fourth-order valence-corrected chi connectivity index (χ4v) is 4.27. The molecular formula is C23H26N2O3. The third kappa shape index (κ3) is 3.49. The Balaban J connectivity index is 1.56. The molecule has 1 aromatic carbocycles. The maximum absolute atomic E-state index is 13.2. The van der Waals surface area contributed by atoms with Crippen LogP contribution in [0.4, 0.5) is 11.4 Å². The van der Waals surface area contributed by atoms with Crippen molar-refractivity contribution >= 4 is 23.2 Å². The lowest BCUT2D eigenvalue weighted by Crippen LogP contribution is -2.47. The van der Waals surface area contributed by atoms with Gasteiger partial charge in [0.1, 0.15) is 12.3 Å². The Morgan fingerprint density at radius 3 is 2.89 bits per heavy atom. The number of hydrogen-bond donors (Lipinski definition) is 1. The van der Waals surface area contributed by atoms with Gasteiger partial charge in [0, 0.05) is 5.41 Å². The monoisotopic (exact) mass is 378 g/mol. The molecular weight excluding hydrogens is 352 g/mol. The molecule has 0 saturated heterocycles. The van der Waals surface area contributed by atoms with Gasteiger partial charge in [0.05, 0.1) is 11.4 Å². The number of anilines is 2. The molecule has 146 valence electrons. The number of nitrogens with zero attached hydrogens (tertiary/aromatic N) is 1. The van der Waals surface area contributed by atoms with Gasteiger partial charge in [0.25, 0.3) is 5.91 Å². The average Bonchev–Trinajstić information content (AvgIpc) is 3.04. The van der Waals surface area contributed by atoms with Crippen molar-refractivity contribution in [2.45, 2.75) is 45.6 Å². The number of nitrogens with one attached hydrogen (secondary N) is 1. The lowest BCUT2D eigenvalue weighted by atomic mass is 9.81. The van der Waals surface area contributed by atoms with Crippen molar-refractivity contribution in [2.24, 2.45) is 5.41 Å². The molecule has 0 bridgehead atoms. The zero-order valence-electron chi connectivity index (χ0n) is 16.4. The quantitative estimate of drug-likeness (QED) is 0.793. The van der Waals surface area contributed by atoms with Crippen molar-refractivity contribution in [3.05, 3.63) is 59.9 Å². The van der Waals surface area contributed by atoms with E-state index in [0.717, 1.165) is 25.0 Å². The Hall–Kier alpha value is -2.82. The third-order valence-electron chi connectivity index (χ3n) is 5.69. The number of amides is 2. The van der Waals surface area contributed by atoms with E-state index in [0.29, 0.717) is 17.8 Å². The number of carbonyl (C=O) groups excluding carboxylic acids is 2. The molecule has 2 unspecified atom stereocenters. The van der Waals surface area contributed by atoms with E-state index in [-0.39, 0.29) is 23.8 Å². The van der Waals surface area contributed by atoms with Crippen LogP contribution in [0, 0.1) is 5.41 Å². The van der Waals surface area contributed by atoms with Crippen LogP contribution in [0.3, 0.4) is 0 Å². The Bertz CT molecular complexity index is 899. The Morgan fingerprint density at radius 2 is 2.14 bits per heavy atom. The van der Waals surface area contributed by atoms with Gasteiger partial charge in [-0.25, -0.2) is 0 Å². The van der Waals surface area contributed by atoms with Crippen LogP contribution < -0.4 is 10.2 Å². The van der Waals surface area contributed by atoms with Crippen LogP contribution in [-0.2, 0) is 14.3 Å². The molecule has 1 aromatic rings. The minimum Gasteiger partial charge on any atom is -0.481 e. The fourth-order valence-electron chi connectivity index (χ4n) is 4.27. The summed E-state index contributed by atoms with van der Waals surface area (Å²) in [4.78, 5) is 26.8. The molecule has 0 fully saturated rings. The molecule has 5 heteroatoms. The summed E-state index contributed by atoms with van der Waals surface area (Å²) in [6.45, 7) is 4.11. The van der Waals surface area contributed by atoms with Crippen LogP contribution in [0.1, 0.15) is 39.5 Å². The van der Waals surface area contributed by atoms with Gasteiger partial charge in [-0.1, -0.05) is 36.8 Å². The summed E-state index contributed by atoms with van der Waals surface area (Å²) in [6.07, 6.45) is 11.6. The highest BCUT2D eigenvalue weighted by Gasteiger charge is 2.34. The summed E-state index contributed by atoms with van der Waals surface area (Å²) < 4.78 is 6.15. The second-order valence-electron chi connectivity index (χ2n) is 7.88. The number of carbonyl (C=O) groups is 2. The molecule has 0 aromatic heterocycles. The highest BCUT2D eigenvalue weighted by Crippen LogP contribution is 2.43. The van der Waals surface area contributed by atoms with E-state index in [4.69, 9.17) is 4.74 Å². The van der Waals surface area contributed by atoms with E-state index >= 15 is 0 Å². The summed E-state index contributed by atoms with van der Waals surface area (Å²) in [7, 11) is 0. The number of hydrogen-bond acceptors (Lipinski definition) is 3. The molecule has 1 heterocycles. The zero-order valence-corrected chi connectivity index (χ0v) is 16.4. The van der Waals surface area contributed by atoms with E-state index in [9.17, 15) is 9.59 Å². The van der Waals surface area contributed by atoms with Crippen molar-refractivity contribution < 1.29 is 14.3 Å². The van der Waals surface area contributed by atoms with Gasteiger partial charge < -0.3 is 10.1 Å². The van der Waals surface area contributed by atoms with E-state index < -0.39 is 6.10 Å². The van der Waals surface area contributed by atoms with Crippen LogP contribution in [0.5, 0.6) is 0 Å². The number of para-hydroxylation sites is 2. The van der Waals surface area contributed by atoms with E-state index in [1.54, 1.807) is 6.07 Å². The van der Waals surface area contributed by atoms with Gasteiger partial charge >= 0.3 is 0 Å². The van der Waals surface area contributed by atoms with Gasteiger partial charge in [-0.3, -0.25) is 14.5 Å². The number of ether oxygens (including phenoxy) is 1. The topological polar surface area (TPSA) is 58.6 Å². The maximum Gasteiger partial charge on any atom is 0.268 e. The minimum atomic E-state index is -0.628. The van der Waals surface area contributed by atoms with Gasteiger partial charge in [-0.15, -0.1) is 0 Å². The fraction of sp³-hybridized carbons (Fsp3) is 0.391. The smallest absolute Gasteiger partial charge is 0.268 e. The zero-order chi connectivity index (χ0) is 19.7. The molecule has 2 amide bonds. The van der Waals surface area contributed by atoms with Crippen LogP contribution in [0.2, 0.25) is 0 Å². The number of fused-ring (bicyclic) bond motifs is 1. The van der Waals surface area contributed by atoms with Crippen molar-refractivity contribution in [1.29, 1.82) is 0 Å². The molecule has 3 aliphatic rings. The van der Waals surface area contributed by atoms with Crippen LogP contribution >= 0.6 is 0 Å². The number of benzene rings is 1. The van der Waals surface area contributed by atoms with E-state index in [2.05, 4.69) is 30.5 Å². The first kappa shape index (κ1) is 18.5. The molecule has 1 spiro atoms. The lowest BCUT2D eigenvalue weighted by molar-refractivity contribution is -0.129. The summed E-state index contributed by atoms with van der Waals surface area (Å²) in [5, 5.41) is 2.82. The largest absolute Gasteiger partial charge is 0.481 e. The average molecular weight is 378 g/mol. The highest BCUT2D eigenvalue weighted by molar-refractivity contribution is 6.10. The second kappa shape index (κ2) is 7.30. The molecule has 0 saturated carbocycles. The molecule has 0 radical (unpaired) electrons. The normalized spacial score (nSPS) is 24.4. The van der Waals surface area contributed by atoms with Crippen LogP contribution in [0.15, 0.2) is 59.9 Å². The lowest BCUT2D eigenvalue weighted by Gasteiger charge is -2.33. The molecule has 5 nitrogen and oxygen atoms in total. The highest BCUT2D eigenvalue weighted by atomic mass is 16.5. The molecule has 2 aliphatic carbocycles. The van der Waals surface area contributed by atoms with E-state index in [1.165, 1.54) is 10.5 Å². The Labute approximate surface area is 165 Å². The number of rotatable bonds is 4. The Morgan fingerprint density at radius 1 is 1.32 bits per heavy atom. The number of allylic oxidation sites excluding steroid dienone is 5. The van der Waals surface area contributed by atoms with Crippen molar-refractivity contribution in [3.8, 4) is 0 Å². The van der Waals surface area contributed by atoms with Gasteiger partial charge in [0.15, 0.2) is 6.10 Å². The maximum atomic E-state index is 13.2. The van der Waals surface area contributed by atoms with Crippen molar-refractivity contribution in [1.82, 2.24) is 0 Å². The Kier molecular flexibility index (Phi) is 4.84. The molecule has 28 heavy (non-hydrogen) atoms. The first-order valence-corrected chi connectivity index (χ1v) is 9.94. The first-order valence-electron chi connectivity index (χ1n) is 9.94. The predicted molar refractivity (Wildman–Crippen MR) is 110 cm³/mol. The molecule has 1 aliphatic heterocycles. The summed E-state index contributed by atoms with van der Waals surface area (Å²) >= 11 is 0. The standard InChI is InChI=1S/C23H26N2O3/c1-3-20(28-17-7-6-11-23(14-17)12-10-16(2)13-23)22(27)25-15-21(26)24-18-8-4-5-9-19(18)25/h4-9,13-14,20H,3,10-12,15H2,1-2H3,(H,24,26). The predicted octanol–water partition coefficient (Wildman–Crippen LogP) is 4.34. The molecule has 1 N–H and O–H groups in total. The van der Waals surface area contributed by atoms with Gasteiger partial charge in [0.2, 0.25) is 5.91 Å². The van der Waals surface area contributed by atoms with Crippen molar-refractivity contribution in [3.63, 3.8) is 0 Å². The first-order chi connectivity index (χ1) is 13.5. The van der Waals surface area contributed by atoms with E-state index in [1.807, 2.05) is 31.2 Å². The van der Waals surface area contributed by atoms with Crippen molar-refractivity contribution in [2.75, 3.05) is 16.8 Å².